The maximum atomic E-state index is 12.6. The second kappa shape index (κ2) is 14.5. The summed E-state index contributed by atoms with van der Waals surface area (Å²) >= 11 is 12.5. The number of piperidine rings is 1. The maximum absolute atomic E-state index is 12.6. The lowest BCUT2D eigenvalue weighted by Crippen LogP contribution is -2.53. The van der Waals surface area contributed by atoms with E-state index in [1.165, 1.54) is 38.3 Å². The number of anilines is 5. The highest BCUT2D eigenvalue weighted by Crippen LogP contribution is 2.41. The molecule has 2 N–H and O–H groups in total. The lowest BCUT2D eigenvalue weighted by molar-refractivity contribution is -0.111. The number of hydrogen-bond donors (Lipinski definition) is 2. The molecule has 1 amide bonds. The first kappa shape index (κ1) is 32.9. The van der Waals surface area contributed by atoms with Crippen molar-refractivity contribution in [1.82, 2.24) is 19.8 Å². The molecule has 1 aliphatic carbocycles. The molecule has 0 bridgehead atoms. The van der Waals surface area contributed by atoms with Gasteiger partial charge in [-0.25, -0.2) is 15.0 Å². The second-order valence-corrected chi connectivity index (χ2v) is 13.6. The molecule has 2 aromatic carbocycles. The van der Waals surface area contributed by atoms with Crippen molar-refractivity contribution >= 4 is 57.8 Å². The highest BCUT2D eigenvalue weighted by Gasteiger charge is 2.34. The number of halogens is 2. The summed E-state index contributed by atoms with van der Waals surface area (Å²) in [5, 5.41) is 9.19. The minimum Gasteiger partial charge on any atom is -0.494 e. The lowest BCUT2D eigenvalue weighted by Gasteiger charge is -2.43. The normalized spacial score (nSPS) is 20.9. The van der Waals surface area contributed by atoms with Crippen LogP contribution in [0.3, 0.4) is 0 Å². The Hall–Kier alpha value is -3.61. The number of aromatic nitrogens is 2. The smallest absolute Gasteiger partial charge is 0.247 e. The third-order valence-corrected chi connectivity index (χ3v) is 10.6. The number of benzene rings is 2. The van der Waals surface area contributed by atoms with Crippen LogP contribution in [0.25, 0.3) is 0 Å². The molecule has 13 heteroatoms. The average molecular weight is 694 g/mol. The molecule has 1 aromatic heterocycles. The number of hydroxylamine groups is 1. The zero-order valence-corrected chi connectivity index (χ0v) is 28.7. The molecular formula is C35H42Cl2N8O3. The first-order valence-corrected chi connectivity index (χ1v) is 17.5. The summed E-state index contributed by atoms with van der Waals surface area (Å²) in [6.45, 7) is 10.7. The van der Waals surface area contributed by atoms with Gasteiger partial charge in [0.2, 0.25) is 5.91 Å². The number of nitrogens with one attached hydrogen (secondary N) is 2. The van der Waals surface area contributed by atoms with Gasteiger partial charge in [0.15, 0.2) is 5.82 Å². The molecule has 254 valence electrons. The first-order chi connectivity index (χ1) is 23.4. The third kappa shape index (κ3) is 7.21. The van der Waals surface area contributed by atoms with Crippen LogP contribution in [-0.4, -0.2) is 90.7 Å². The van der Waals surface area contributed by atoms with Crippen LogP contribution in [0.2, 0.25) is 10.0 Å². The van der Waals surface area contributed by atoms with Crippen molar-refractivity contribution < 1.29 is 14.4 Å². The Morgan fingerprint density at radius 1 is 0.917 bits per heavy atom. The van der Waals surface area contributed by atoms with Crippen molar-refractivity contribution in [2.75, 3.05) is 73.6 Å². The van der Waals surface area contributed by atoms with Crippen LogP contribution < -0.4 is 25.3 Å². The largest absolute Gasteiger partial charge is 0.494 e. The van der Waals surface area contributed by atoms with Gasteiger partial charge in [-0.15, -0.1) is 0 Å². The highest BCUT2D eigenvalue weighted by atomic mass is 35.5. The van der Waals surface area contributed by atoms with Crippen LogP contribution in [0.4, 0.5) is 28.7 Å². The van der Waals surface area contributed by atoms with Gasteiger partial charge in [-0.05, 0) is 55.5 Å². The van der Waals surface area contributed by atoms with Gasteiger partial charge < -0.3 is 20.3 Å². The SMILES string of the molecule is C=CC(=O)Nc1cc(Nc2cc(N3OCC[C@@H]3c3ccc(Cl)c(Cl)c3)ncn2)c(OC)cc1N1CCC(N2CCN(C3CC3)CC2)CC1. The zero-order chi connectivity index (χ0) is 33.2. The third-order valence-electron chi connectivity index (χ3n) is 9.87. The average Bonchev–Trinajstić information content (AvgIpc) is 3.85. The number of methoxy groups -OCH3 is 1. The molecule has 4 heterocycles. The topological polar surface area (TPSA) is 98.3 Å². The fourth-order valence-corrected chi connectivity index (χ4v) is 7.46. The fourth-order valence-electron chi connectivity index (χ4n) is 7.15. The standard InChI is InChI=1S/C35H42Cl2N8O3/c1-3-35(46)41-28-19-29(40-33-21-34(39-22-38-33)45-30(10-17-48-45)23-4-7-26(36)27(37)18-23)32(47-2)20-31(28)44-11-8-25(9-12-44)43-15-13-42(14-16-43)24-5-6-24/h3-4,7,18-22,24-25,30H,1,5-6,8-17H2,2H3,(H,41,46)(H,38,39,40)/t30-/m1/s1. The van der Waals surface area contributed by atoms with E-state index in [1.807, 2.05) is 30.3 Å². The van der Waals surface area contributed by atoms with Gasteiger partial charge in [0.1, 0.15) is 17.9 Å². The van der Waals surface area contributed by atoms with Gasteiger partial charge in [0.05, 0.1) is 46.9 Å². The molecule has 4 fully saturated rings. The van der Waals surface area contributed by atoms with E-state index < -0.39 is 0 Å². The van der Waals surface area contributed by atoms with E-state index in [4.69, 9.17) is 32.8 Å². The number of nitrogens with zero attached hydrogens (tertiary/aromatic N) is 6. The predicted octanol–water partition coefficient (Wildman–Crippen LogP) is 6.29. The van der Waals surface area contributed by atoms with E-state index in [1.54, 1.807) is 18.2 Å². The minimum atomic E-state index is -0.278. The Labute approximate surface area is 291 Å². The Balaban J connectivity index is 1.08. The molecule has 0 spiro atoms. The van der Waals surface area contributed by atoms with Crippen LogP contribution in [-0.2, 0) is 9.63 Å². The first-order valence-electron chi connectivity index (χ1n) is 16.7. The van der Waals surface area contributed by atoms with Gasteiger partial charge in [0.25, 0.3) is 0 Å². The van der Waals surface area contributed by atoms with E-state index in [-0.39, 0.29) is 11.9 Å². The van der Waals surface area contributed by atoms with Gasteiger partial charge in [-0.3, -0.25) is 19.4 Å². The fraction of sp³-hybridized carbons (Fsp3) is 0.457. The summed E-state index contributed by atoms with van der Waals surface area (Å²) in [4.78, 5) is 35.2. The quantitative estimate of drug-likeness (QED) is 0.236. The van der Waals surface area contributed by atoms with Crippen molar-refractivity contribution in [2.45, 2.75) is 50.2 Å². The number of carbonyl (C=O) groups excluding carboxylic acids is 1. The van der Waals surface area contributed by atoms with Crippen LogP contribution in [0, 0.1) is 0 Å². The van der Waals surface area contributed by atoms with Crippen molar-refractivity contribution in [3.8, 4) is 5.75 Å². The molecular weight excluding hydrogens is 651 g/mol. The Kier molecular flexibility index (Phi) is 9.93. The molecule has 0 unspecified atom stereocenters. The highest BCUT2D eigenvalue weighted by molar-refractivity contribution is 6.42. The number of carbonyl (C=O) groups is 1. The van der Waals surface area contributed by atoms with Crippen molar-refractivity contribution in [3.05, 3.63) is 71.0 Å². The van der Waals surface area contributed by atoms with Crippen molar-refractivity contribution in [3.63, 3.8) is 0 Å². The minimum absolute atomic E-state index is 0.0893. The van der Waals surface area contributed by atoms with Crippen LogP contribution >= 0.6 is 23.2 Å². The lowest BCUT2D eigenvalue weighted by atomic mass is 10.0. The van der Waals surface area contributed by atoms with Crippen LogP contribution in [0.1, 0.15) is 43.7 Å². The molecule has 3 aliphatic heterocycles. The van der Waals surface area contributed by atoms with E-state index in [9.17, 15) is 4.79 Å². The van der Waals surface area contributed by atoms with E-state index >= 15 is 0 Å². The molecule has 1 atom stereocenters. The molecule has 1 saturated carbocycles. The van der Waals surface area contributed by atoms with Crippen LogP contribution in [0.15, 0.2) is 55.4 Å². The molecule has 0 radical (unpaired) electrons. The zero-order valence-electron chi connectivity index (χ0n) is 27.2. The van der Waals surface area contributed by atoms with Gasteiger partial charge >= 0.3 is 0 Å². The summed E-state index contributed by atoms with van der Waals surface area (Å²) in [6, 6.07) is 12.6. The number of rotatable bonds is 10. The molecule has 3 aromatic rings. The number of ether oxygens (including phenoxy) is 1. The summed E-state index contributed by atoms with van der Waals surface area (Å²) in [7, 11) is 1.64. The summed E-state index contributed by atoms with van der Waals surface area (Å²) in [5.74, 6) is 1.48. The second-order valence-electron chi connectivity index (χ2n) is 12.8. The van der Waals surface area contributed by atoms with Crippen LogP contribution in [0.5, 0.6) is 5.75 Å². The molecule has 4 aliphatic rings. The molecule has 7 rings (SSSR count). The number of amides is 1. The predicted molar refractivity (Wildman–Crippen MR) is 191 cm³/mol. The molecule has 48 heavy (non-hydrogen) atoms. The van der Waals surface area contributed by atoms with E-state index in [0.717, 1.165) is 62.7 Å². The Morgan fingerprint density at radius 2 is 1.65 bits per heavy atom. The van der Waals surface area contributed by atoms with Gasteiger partial charge in [0, 0.05) is 69.9 Å². The number of piperazine rings is 1. The molecule has 11 nitrogen and oxygen atoms in total. The summed E-state index contributed by atoms with van der Waals surface area (Å²) in [5.41, 5.74) is 3.23. The van der Waals surface area contributed by atoms with Gasteiger partial charge in [-0.1, -0.05) is 35.8 Å². The van der Waals surface area contributed by atoms with Crippen molar-refractivity contribution in [2.24, 2.45) is 0 Å². The summed E-state index contributed by atoms with van der Waals surface area (Å²) < 4.78 is 5.88. The number of hydrogen-bond acceptors (Lipinski definition) is 10. The van der Waals surface area contributed by atoms with E-state index in [2.05, 4.69) is 41.9 Å². The maximum Gasteiger partial charge on any atom is 0.247 e. The Morgan fingerprint density at radius 3 is 2.31 bits per heavy atom. The molecule has 3 saturated heterocycles. The van der Waals surface area contributed by atoms with Crippen molar-refractivity contribution in [1.29, 1.82) is 0 Å². The van der Waals surface area contributed by atoms with Gasteiger partial charge in [-0.2, -0.15) is 0 Å². The summed E-state index contributed by atoms with van der Waals surface area (Å²) in [6.07, 6.45) is 8.43. The van der Waals surface area contributed by atoms with E-state index in [0.29, 0.717) is 51.5 Å². The monoisotopic (exact) mass is 692 g/mol. The Bertz CT molecular complexity index is 1640.